The van der Waals surface area contributed by atoms with Crippen LogP contribution >= 0.6 is 0 Å². The van der Waals surface area contributed by atoms with Crippen LogP contribution in [0.15, 0.2) is 36.4 Å². The minimum atomic E-state index is -0.259. The molecule has 1 fully saturated rings. The summed E-state index contributed by atoms with van der Waals surface area (Å²) in [6.07, 6.45) is 0. The molecule has 2 aromatic rings. The number of quaternary nitrogens is 1. The molecule has 1 aliphatic rings. The zero-order valence-corrected chi connectivity index (χ0v) is 16.0. The zero-order chi connectivity index (χ0) is 19.4. The molecule has 27 heavy (non-hydrogen) atoms. The van der Waals surface area contributed by atoms with Gasteiger partial charge in [-0.1, -0.05) is 11.6 Å². The summed E-state index contributed by atoms with van der Waals surface area (Å²) in [4.78, 5) is 16.1. The molecule has 1 saturated heterocycles. The number of ether oxygens (including phenoxy) is 2. The smallest absolute Gasteiger partial charge is 0.258 e. The van der Waals surface area contributed by atoms with Crippen LogP contribution < -0.4 is 14.4 Å². The van der Waals surface area contributed by atoms with Gasteiger partial charge in [-0.25, -0.2) is 4.39 Å². The van der Waals surface area contributed by atoms with Gasteiger partial charge in [0, 0.05) is 0 Å². The number of hydrogen-bond acceptors (Lipinski definition) is 3. The van der Waals surface area contributed by atoms with E-state index in [9.17, 15) is 9.18 Å². The van der Waals surface area contributed by atoms with E-state index in [1.54, 1.807) is 20.3 Å². The van der Waals surface area contributed by atoms with E-state index in [1.165, 1.54) is 17.0 Å². The summed E-state index contributed by atoms with van der Waals surface area (Å²) in [5, 5.41) is 0. The number of rotatable bonds is 5. The lowest BCUT2D eigenvalue weighted by atomic mass is 10.1. The van der Waals surface area contributed by atoms with Gasteiger partial charge >= 0.3 is 0 Å². The van der Waals surface area contributed by atoms with Crippen molar-refractivity contribution in [3.8, 4) is 11.5 Å². The van der Waals surface area contributed by atoms with E-state index in [2.05, 4.69) is 0 Å². The molecule has 0 spiro atoms. The predicted octanol–water partition coefficient (Wildman–Crippen LogP) is 1.69. The van der Waals surface area contributed by atoms with Crippen LogP contribution in [0.2, 0.25) is 0 Å². The molecule has 2 aromatic carbocycles. The quantitative estimate of drug-likeness (QED) is 0.868. The van der Waals surface area contributed by atoms with Crippen molar-refractivity contribution in [2.24, 2.45) is 0 Å². The van der Waals surface area contributed by atoms with Crippen molar-refractivity contribution in [1.82, 2.24) is 4.90 Å². The van der Waals surface area contributed by atoms with Gasteiger partial charge in [0.15, 0.2) is 0 Å². The third-order valence-electron chi connectivity index (χ3n) is 5.03. The highest BCUT2D eigenvalue weighted by Gasteiger charge is 2.27. The topological polar surface area (TPSA) is 43.2 Å². The number of aryl methyl sites for hydroxylation is 1. The normalized spacial score (nSPS) is 14.9. The number of hydrogen-bond donors (Lipinski definition) is 1. The van der Waals surface area contributed by atoms with Crippen LogP contribution in [0, 0.1) is 12.7 Å². The average molecular weight is 373 g/mol. The maximum Gasteiger partial charge on any atom is 0.258 e. The molecule has 0 aromatic heterocycles. The molecule has 0 atom stereocenters. The van der Waals surface area contributed by atoms with Crippen molar-refractivity contribution in [3.63, 3.8) is 0 Å². The van der Waals surface area contributed by atoms with Gasteiger partial charge in [0.2, 0.25) is 0 Å². The SMILES string of the molecule is COc1ccc(F)cc1C[NH+]1CCN(C(=O)c2cc(C)ccc2OC)CC1. The van der Waals surface area contributed by atoms with Crippen molar-refractivity contribution < 1.29 is 23.6 Å². The second-order valence-electron chi connectivity index (χ2n) is 6.88. The molecular weight excluding hydrogens is 347 g/mol. The van der Waals surface area contributed by atoms with Gasteiger partial charge in [0.1, 0.15) is 23.9 Å². The number of carbonyl (C=O) groups is 1. The van der Waals surface area contributed by atoms with Crippen molar-refractivity contribution >= 4 is 5.91 Å². The Bertz CT molecular complexity index is 817. The van der Waals surface area contributed by atoms with E-state index >= 15 is 0 Å². The first-order chi connectivity index (χ1) is 13.0. The molecule has 1 amide bonds. The van der Waals surface area contributed by atoms with E-state index in [1.807, 2.05) is 30.0 Å². The minimum Gasteiger partial charge on any atom is -0.496 e. The van der Waals surface area contributed by atoms with E-state index in [-0.39, 0.29) is 11.7 Å². The molecule has 0 aliphatic carbocycles. The number of carbonyl (C=O) groups excluding carboxylic acids is 1. The van der Waals surface area contributed by atoms with Gasteiger partial charge < -0.3 is 19.3 Å². The summed E-state index contributed by atoms with van der Waals surface area (Å²) < 4.78 is 24.3. The number of benzene rings is 2. The number of amides is 1. The Balaban J connectivity index is 1.65. The maximum absolute atomic E-state index is 13.6. The van der Waals surface area contributed by atoms with Gasteiger partial charge in [-0.2, -0.15) is 0 Å². The molecule has 1 aliphatic heterocycles. The third kappa shape index (κ3) is 4.39. The van der Waals surface area contributed by atoms with Crippen molar-refractivity contribution in [1.29, 1.82) is 0 Å². The molecule has 0 bridgehead atoms. The Morgan fingerprint density at radius 3 is 2.41 bits per heavy atom. The molecule has 6 heteroatoms. The number of halogens is 1. The summed E-state index contributed by atoms with van der Waals surface area (Å²) in [7, 11) is 3.17. The molecule has 1 heterocycles. The van der Waals surface area contributed by atoms with Gasteiger partial charge in [-0.3, -0.25) is 4.79 Å². The van der Waals surface area contributed by atoms with Crippen LogP contribution in [-0.4, -0.2) is 51.2 Å². The van der Waals surface area contributed by atoms with E-state index in [0.717, 1.165) is 24.2 Å². The Kier molecular flexibility index (Phi) is 5.96. The summed E-state index contributed by atoms with van der Waals surface area (Å²) >= 11 is 0. The summed E-state index contributed by atoms with van der Waals surface area (Å²) in [5.41, 5.74) is 2.49. The minimum absolute atomic E-state index is 0.00191. The Labute approximate surface area is 159 Å². The molecule has 144 valence electrons. The first-order valence-corrected chi connectivity index (χ1v) is 9.11. The van der Waals surface area contributed by atoms with Crippen LogP contribution in [0.4, 0.5) is 4.39 Å². The lowest BCUT2D eigenvalue weighted by Crippen LogP contribution is -3.13. The van der Waals surface area contributed by atoms with Crippen molar-refractivity contribution in [3.05, 3.63) is 58.9 Å². The number of nitrogens with zero attached hydrogens (tertiary/aromatic N) is 1. The van der Waals surface area contributed by atoms with E-state index < -0.39 is 0 Å². The van der Waals surface area contributed by atoms with Crippen LogP contribution in [0.3, 0.4) is 0 Å². The van der Waals surface area contributed by atoms with Crippen LogP contribution in [0.1, 0.15) is 21.5 Å². The average Bonchev–Trinajstić information content (AvgIpc) is 2.68. The highest BCUT2D eigenvalue weighted by atomic mass is 19.1. The lowest BCUT2D eigenvalue weighted by molar-refractivity contribution is -0.917. The summed E-state index contributed by atoms with van der Waals surface area (Å²) in [6, 6.07) is 10.2. The second-order valence-corrected chi connectivity index (χ2v) is 6.88. The molecular formula is C21H26FN2O3+. The molecule has 1 N–H and O–H groups in total. The summed E-state index contributed by atoms with van der Waals surface area (Å²) in [5.74, 6) is 1.04. The van der Waals surface area contributed by atoms with Crippen LogP contribution in [-0.2, 0) is 6.54 Å². The van der Waals surface area contributed by atoms with Gasteiger partial charge in [0.05, 0.1) is 51.5 Å². The Morgan fingerprint density at radius 2 is 1.74 bits per heavy atom. The largest absolute Gasteiger partial charge is 0.496 e. The fourth-order valence-electron chi connectivity index (χ4n) is 3.52. The summed E-state index contributed by atoms with van der Waals surface area (Å²) in [6.45, 7) is 5.56. The fraction of sp³-hybridized carbons (Fsp3) is 0.381. The number of piperazine rings is 1. The molecule has 5 nitrogen and oxygen atoms in total. The standard InChI is InChI=1S/C21H25FN2O3/c1-15-4-6-20(27-3)18(12-15)21(25)24-10-8-23(9-11-24)14-16-13-17(22)5-7-19(16)26-2/h4-7,12-13H,8-11,14H2,1-3H3/p+1. The zero-order valence-electron chi connectivity index (χ0n) is 16.0. The fourth-order valence-corrected chi connectivity index (χ4v) is 3.52. The maximum atomic E-state index is 13.6. The molecule has 0 saturated carbocycles. The predicted molar refractivity (Wildman–Crippen MR) is 101 cm³/mol. The molecule has 0 unspecified atom stereocenters. The monoisotopic (exact) mass is 373 g/mol. The van der Waals surface area contributed by atoms with E-state index in [4.69, 9.17) is 9.47 Å². The van der Waals surface area contributed by atoms with Gasteiger partial charge in [0.25, 0.3) is 5.91 Å². The lowest BCUT2D eigenvalue weighted by Gasteiger charge is -2.32. The van der Waals surface area contributed by atoms with Crippen molar-refractivity contribution in [2.75, 3.05) is 40.4 Å². The Morgan fingerprint density at radius 1 is 1.07 bits per heavy atom. The number of methoxy groups -OCH3 is 2. The first-order valence-electron chi connectivity index (χ1n) is 9.11. The number of nitrogens with one attached hydrogen (secondary N) is 1. The third-order valence-corrected chi connectivity index (χ3v) is 5.03. The second kappa shape index (κ2) is 8.39. The first kappa shape index (κ1) is 19.2. The highest BCUT2D eigenvalue weighted by Crippen LogP contribution is 2.22. The highest BCUT2D eigenvalue weighted by molar-refractivity contribution is 5.97. The van der Waals surface area contributed by atoms with Gasteiger partial charge in [-0.15, -0.1) is 0 Å². The molecule has 3 rings (SSSR count). The van der Waals surface area contributed by atoms with Crippen LogP contribution in [0.25, 0.3) is 0 Å². The van der Waals surface area contributed by atoms with Crippen molar-refractivity contribution in [2.45, 2.75) is 13.5 Å². The Hall–Kier alpha value is -2.60. The van der Waals surface area contributed by atoms with Crippen LogP contribution in [0.5, 0.6) is 11.5 Å². The van der Waals surface area contributed by atoms with Gasteiger partial charge in [-0.05, 0) is 37.3 Å². The molecule has 0 radical (unpaired) electrons. The van der Waals surface area contributed by atoms with E-state index in [0.29, 0.717) is 36.7 Å².